The number of nitrogens with zero attached hydrogens (tertiary/aromatic N) is 3. The molecule has 1 amide bonds. The van der Waals surface area contributed by atoms with Gasteiger partial charge in [-0.25, -0.2) is 0 Å². The van der Waals surface area contributed by atoms with E-state index in [1.54, 1.807) is 0 Å². The fraction of sp³-hybridized carbons (Fsp3) is 0.875. The maximum Gasteiger partial charge on any atom is 0.224 e. The van der Waals surface area contributed by atoms with Crippen molar-refractivity contribution in [1.29, 1.82) is 0 Å². The third kappa shape index (κ3) is 4.90. The van der Waals surface area contributed by atoms with Gasteiger partial charge in [0.2, 0.25) is 5.91 Å². The number of carbonyl (C=O) groups excluding carboxylic acids is 1. The first-order chi connectivity index (χ1) is 10.2. The van der Waals surface area contributed by atoms with Crippen LogP contribution in [0, 0.1) is 5.92 Å². The van der Waals surface area contributed by atoms with E-state index in [1.807, 2.05) is 4.90 Å². The summed E-state index contributed by atoms with van der Waals surface area (Å²) in [6.07, 6.45) is 5.40. The predicted molar refractivity (Wildman–Crippen MR) is 86.4 cm³/mol. The summed E-state index contributed by atoms with van der Waals surface area (Å²) in [7, 11) is 0. The Morgan fingerprint density at radius 3 is 2.57 bits per heavy atom. The van der Waals surface area contributed by atoms with Gasteiger partial charge < -0.3 is 15.1 Å². The summed E-state index contributed by atoms with van der Waals surface area (Å²) in [4.78, 5) is 21.0. The number of guanidine groups is 1. The molecule has 1 N–H and O–H groups in total. The maximum atomic E-state index is 12.0. The average molecular weight is 294 g/mol. The number of piperidine rings is 1. The fourth-order valence-corrected chi connectivity index (χ4v) is 3.19. The number of rotatable bonds is 4. The molecule has 120 valence electrons. The van der Waals surface area contributed by atoms with Crippen LogP contribution in [0.15, 0.2) is 4.99 Å². The van der Waals surface area contributed by atoms with Crippen LogP contribution in [-0.2, 0) is 4.79 Å². The van der Waals surface area contributed by atoms with Crippen LogP contribution in [0.1, 0.15) is 46.0 Å². The van der Waals surface area contributed by atoms with E-state index in [1.165, 1.54) is 12.8 Å². The highest BCUT2D eigenvalue weighted by atomic mass is 16.2. The monoisotopic (exact) mass is 294 g/mol. The standard InChI is InChI=1S/C16H30N4O/c1-3-17-16(20-12-6-7-14(2)13-20)18-9-8-15(21)19-10-4-5-11-19/h14H,3-13H2,1-2H3,(H,17,18). The van der Waals surface area contributed by atoms with Gasteiger partial charge >= 0.3 is 0 Å². The SMILES string of the molecule is CCNC(=NCCC(=O)N1CCCC1)N1CCCC(C)C1. The normalized spacial score (nSPS) is 23.5. The molecule has 2 aliphatic heterocycles. The van der Waals surface area contributed by atoms with Crippen molar-refractivity contribution in [2.45, 2.75) is 46.0 Å². The van der Waals surface area contributed by atoms with E-state index in [4.69, 9.17) is 0 Å². The minimum Gasteiger partial charge on any atom is -0.357 e. The van der Waals surface area contributed by atoms with Gasteiger partial charge in [0, 0.05) is 39.1 Å². The van der Waals surface area contributed by atoms with E-state index in [2.05, 4.69) is 29.1 Å². The Kier molecular flexibility index (Phi) is 6.33. The first-order valence-electron chi connectivity index (χ1n) is 8.51. The molecule has 0 aromatic heterocycles. The summed E-state index contributed by atoms with van der Waals surface area (Å²) in [5.41, 5.74) is 0. The van der Waals surface area contributed by atoms with Gasteiger partial charge in [-0.1, -0.05) is 6.92 Å². The zero-order valence-corrected chi connectivity index (χ0v) is 13.6. The van der Waals surface area contributed by atoms with Crippen molar-refractivity contribution >= 4 is 11.9 Å². The molecule has 1 unspecified atom stereocenters. The van der Waals surface area contributed by atoms with Gasteiger partial charge in [-0.15, -0.1) is 0 Å². The topological polar surface area (TPSA) is 47.9 Å². The van der Waals surface area contributed by atoms with Gasteiger partial charge in [0.1, 0.15) is 0 Å². The largest absolute Gasteiger partial charge is 0.357 e. The quantitative estimate of drug-likeness (QED) is 0.634. The Morgan fingerprint density at radius 2 is 1.90 bits per heavy atom. The molecule has 2 rings (SSSR count). The van der Waals surface area contributed by atoms with Crippen LogP contribution in [0.25, 0.3) is 0 Å². The molecule has 1 atom stereocenters. The van der Waals surface area contributed by atoms with Crippen LogP contribution in [0.4, 0.5) is 0 Å². The Hall–Kier alpha value is -1.26. The molecule has 5 heteroatoms. The summed E-state index contributed by atoms with van der Waals surface area (Å²) in [6.45, 7) is 9.90. The molecule has 0 aliphatic carbocycles. The number of nitrogens with one attached hydrogen (secondary N) is 1. The highest BCUT2D eigenvalue weighted by Crippen LogP contribution is 2.15. The third-order valence-corrected chi connectivity index (χ3v) is 4.34. The van der Waals surface area contributed by atoms with Gasteiger partial charge in [-0.3, -0.25) is 9.79 Å². The van der Waals surface area contributed by atoms with E-state index in [-0.39, 0.29) is 5.91 Å². The second-order valence-corrected chi connectivity index (χ2v) is 6.27. The van der Waals surface area contributed by atoms with Crippen LogP contribution >= 0.6 is 0 Å². The number of hydrogen-bond acceptors (Lipinski definition) is 2. The molecule has 2 saturated heterocycles. The van der Waals surface area contributed by atoms with Crippen molar-refractivity contribution in [3.63, 3.8) is 0 Å². The second kappa shape index (κ2) is 8.25. The van der Waals surface area contributed by atoms with Crippen LogP contribution in [0.2, 0.25) is 0 Å². The lowest BCUT2D eigenvalue weighted by atomic mass is 10.0. The number of carbonyl (C=O) groups is 1. The maximum absolute atomic E-state index is 12.0. The smallest absolute Gasteiger partial charge is 0.224 e. The molecule has 0 saturated carbocycles. The minimum atomic E-state index is 0.263. The van der Waals surface area contributed by atoms with Gasteiger partial charge in [0.15, 0.2) is 5.96 Å². The number of likely N-dealkylation sites (tertiary alicyclic amines) is 2. The molecule has 0 radical (unpaired) electrons. The molecule has 2 aliphatic rings. The summed E-state index contributed by atoms with van der Waals surface area (Å²) >= 11 is 0. The molecule has 0 spiro atoms. The highest BCUT2D eigenvalue weighted by Gasteiger charge is 2.20. The fourth-order valence-electron chi connectivity index (χ4n) is 3.19. The molecular weight excluding hydrogens is 264 g/mol. The third-order valence-electron chi connectivity index (χ3n) is 4.34. The van der Waals surface area contributed by atoms with Crippen LogP contribution < -0.4 is 5.32 Å². The van der Waals surface area contributed by atoms with Crippen molar-refractivity contribution in [3.05, 3.63) is 0 Å². The molecule has 2 fully saturated rings. The molecule has 0 aromatic carbocycles. The van der Waals surface area contributed by atoms with E-state index < -0.39 is 0 Å². The number of aliphatic imine (C=N–C) groups is 1. The number of hydrogen-bond donors (Lipinski definition) is 1. The summed E-state index contributed by atoms with van der Waals surface area (Å²) < 4.78 is 0. The molecule has 2 heterocycles. The van der Waals surface area contributed by atoms with Crippen LogP contribution in [0.5, 0.6) is 0 Å². The zero-order chi connectivity index (χ0) is 15.1. The van der Waals surface area contributed by atoms with Crippen LogP contribution in [-0.4, -0.2) is 60.9 Å². The van der Waals surface area contributed by atoms with E-state index in [9.17, 15) is 4.79 Å². The Bertz CT molecular complexity index is 363. The molecule has 5 nitrogen and oxygen atoms in total. The molecular formula is C16H30N4O. The lowest BCUT2D eigenvalue weighted by Crippen LogP contribution is -2.46. The van der Waals surface area contributed by atoms with Crippen molar-refractivity contribution in [2.75, 3.05) is 39.3 Å². The van der Waals surface area contributed by atoms with Gasteiger partial charge in [-0.05, 0) is 38.5 Å². The Labute approximate surface area is 128 Å². The highest BCUT2D eigenvalue weighted by molar-refractivity contribution is 5.81. The second-order valence-electron chi connectivity index (χ2n) is 6.27. The van der Waals surface area contributed by atoms with Crippen molar-refractivity contribution in [3.8, 4) is 0 Å². The zero-order valence-electron chi connectivity index (χ0n) is 13.6. The predicted octanol–water partition coefficient (Wildman–Crippen LogP) is 1.70. The van der Waals surface area contributed by atoms with Crippen molar-refractivity contribution in [1.82, 2.24) is 15.1 Å². The van der Waals surface area contributed by atoms with Crippen molar-refractivity contribution in [2.24, 2.45) is 10.9 Å². The molecule has 21 heavy (non-hydrogen) atoms. The van der Waals surface area contributed by atoms with Gasteiger partial charge in [0.25, 0.3) is 0 Å². The first-order valence-corrected chi connectivity index (χ1v) is 8.51. The molecule has 0 bridgehead atoms. The van der Waals surface area contributed by atoms with Crippen molar-refractivity contribution < 1.29 is 4.79 Å². The number of amides is 1. The lowest BCUT2D eigenvalue weighted by molar-refractivity contribution is -0.129. The van der Waals surface area contributed by atoms with E-state index in [0.717, 1.165) is 57.4 Å². The summed E-state index contributed by atoms with van der Waals surface area (Å²) in [5.74, 6) is 1.98. The summed E-state index contributed by atoms with van der Waals surface area (Å²) in [5, 5.41) is 3.37. The Morgan fingerprint density at radius 1 is 1.19 bits per heavy atom. The van der Waals surface area contributed by atoms with Crippen LogP contribution in [0.3, 0.4) is 0 Å². The van der Waals surface area contributed by atoms with Gasteiger partial charge in [-0.2, -0.15) is 0 Å². The lowest BCUT2D eigenvalue weighted by Gasteiger charge is -2.33. The molecule has 0 aromatic rings. The average Bonchev–Trinajstić information content (AvgIpc) is 3.00. The Balaban J connectivity index is 1.83. The van der Waals surface area contributed by atoms with Gasteiger partial charge in [0.05, 0.1) is 6.54 Å². The first kappa shape index (κ1) is 16.1. The van der Waals surface area contributed by atoms with E-state index in [0.29, 0.717) is 13.0 Å². The van der Waals surface area contributed by atoms with E-state index >= 15 is 0 Å². The minimum absolute atomic E-state index is 0.263. The summed E-state index contributed by atoms with van der Waals surface area (Å²) in [6, 6.07) is 0.